The number of aryl methyl sites for hydroxylation is 1. The Balaban J connectivity index is 2.27. The van der Waals surface area contributed by atoms with Crippen LogP contribution in [0.1, 0.15) is 12.5 Å². The summed E-state index contributed by atoms with van der Waals surface area (Å²) in [6.45, 7) is 2.12. The van der Waals surface area contributed by atoms with Crippen LogP contribution in [0.3, 0.4) is 0 Å². The van der Waals surface area contributed by atoms with Gasteiger partial charge in [-0.2, -0.15) is 0 Å². The first-order valence-corrected chi connectivity index (χ1v) is 8.67. The third-order valence-electron chi connectivity index (χ3n) is 3.44. The fourth-order valence-corrected chi connectivity index (χ4v) is 2.61. The van der Waals surface area contributed by atoms with E-state index >= 15 is 0 Å². The van der Waals surface area contributed by atoms with Crippen molar-refractivity contribution in [2.75, 3.05) is 18.2 Å². The van der Waals surface area contributed by atoms with E-state index in [0.717, 1.165) is 17.0 Å². The maximum Gasteiger partial charge on any atom is 0.200 e. The van der Waals surface area contributed by atoms with E-state index in [9.17, 15) is 4.21 Å². The first kappa shape index (κ1) is 16.2. The second kappa shape index (κ2) is 7.22. The van der Waals surface area contributed by atoms with Crippen molar-refractivity contribution >= 4 is 28.1 Å². The van der Waals surface area contributed by atoms with E-state index in [4.69, 9.17) is 5.73 Å². The van der Waals surface area contributed by atoms with Crippen molar-refractivity contribution in [2.45, 2.75) is 18.2 Å². The summed E-state index contributed by atoms with van der Waals surface area (Å²) in [4.78, 5) is 7.00. The highest BCUT2D eigenvalue weighted by Crippen LogP contribution is 2.19. The quantitative estimate of drug-likeness (QED) is 0.697. The lowest BCUT2D eigenvalue weighted by Gasteiger charge is -2.19. The third-order valence-corrected chi connectivity index (χ3v) is 4.36. The molecular weight excluding hydrogens is 294 g/mol. The SMILES string of the molecule is CCc1cccc(N(C)C(N)=Nc2cccc(S(C)=O)c2)c1. The van der Waals surface area contributed by atoms with Crippen LogP contribution in [0.4, 0.5) is 11.4 Å². The van der Waals surface area contributed by atoms with E-state index in [0.29, 0.717) is 11.6 Å². The Hall–Kier alpha value is -2.14. The molecule has 116 valence electrons. The molecule has 0 fully saturated rings. The van der Waals surface area contributed by atoms with Gasteiger partial charge in [-0.05, 0) is 42.3 Å². The second-order valence-electron chi connectivity index (χ2n) is 5.00. The lowest BCUT2D eigenvalue weighted by Crippen LogP contribution is -2.33. The van der Waals surface area contributed by atoms with Gasteiger partial charge in [-0.3, -0.25) is 4.21 Å². The van der Waals surface area contributed by atoms with Crippen LogP contribution in [-0.2, 0) is 17.2 Å². The smallest absolute Gasteiger partial charge is 0.200 e. The number of nitrogens with two attached hydrogens (primary N) is 1. The van der Waals surface area contributed by atoms with E-state index in [1.807, 2.05) is 42.3 Å². The van der Waals surface area contributed by atoms with E-state index < -0.39 is 10.8 Å². The maximum atomic E-state index is 11.5. The summed E-state index contributed by atoms with van der Waals surface area (Å²) in [5.41, 5.74) is 9.04. The summed E-state index contributed by atoms with van der Waals surface area (Å²) in [6, 6.07) is 15.5. The van der Waals surface area contributed by atoms with Gasteiger partial charge in [0.15, 0.2) is 0 Å². The summed E-state index contributed by atoms with van der Waals surface area (Å²) >= 11 is 0. The van der Waals surface area contributed by atoms with Crippen LogP contribution in [0.25, 0.3) is 0 Å². The number of anilines is 1. The molecule has 0 bridgehead atoms. The Kier molecular flexibility index (Phi) is 5.33. The van der Waals surface area contributed by atoms with Crippen LogP contribution in [0.2, 0.25) is 0 Å². The van der Waals surface area contributed by atoms with Gasteiger partial charge in [0, 0.05) is 34.7 Å². The fraction of sp³-hybridized carbons (Fsp3) is 0.235. The zero-order chi connectivity index (χ0) is 16.1. The van der Waals surface area contributed by atoms with Gasteiger partial charge in [-0.15, -0.1) is 0 Å². The monoisotopic (exact) mass is 315 g/mol. The molecule has 2 aromatic carbocycles. The molecule has 0 aliphatic rings. The molecule has 5 heteroatoms. The molecule has 1 unspecified atom stereocenters. The zero-order valence-electron chi connectivity index (χ0n) is 13.1. The summed E-state index contributed by atoms with van der Waals surface area (Å²) in [5.74, 6) is 0.396. The summed E-state index contributed by atoms with van der Waals surface area (Å²) in [7, 11) is 0.856. The number of hydrogen-bond donors (Lipinski definition) is 1. The summed E-state index contributed by atoms with van der Waals surface area (Å²) < 4.78 is 11.5. The molecule has 0 saturated heterocycles. The van der Waals surface area contributed by atoms with Gasteiger partial charge in [-0.1, -0.05) is 25.1 Å². The van der Waals surface area contributed by atoms with Crippen LogP contribution in [0.5, 0.6) is 0 Å². The Morgan fingerprint density at radius 3 is 2.64 bits per heavy atom. The first-order chi connectivity index (χ1) is 10.5. The minimum absolute atomic E-state index is 0.396. The number of hydrogen-bond acceptors (Lipinski definition) is 2. The van der Waals surface area contributed by atoms with E-state index in [2.05, 4.69) is 24.0 Å². The highest BCUT2D eigenvalue weighted by atomic mass is 32.2. The highest BCUT2D eigenvalue weighted by Gasteiger charge is 2.06. The van der Waals surface area contributed by atoms with Crippen molar-refractivity contribution in [3.8, 4) is 0 Å². The van der Waals surface area contributed by atoms with Crippen LogP contribution in [0, 0.1) is 0 Å². The Morgan fingerprint density at radius 1 is 1.23 bits per heavy atom. The number of nitrogens with zero attached hydrogens (tertiary/aromatic N) is 2. The summed E-state index contributed by atoms with van der Waals surface area (Å²) in [5, 5.41) is 0. The average molecular weight is 315 g/mol. The Labute approximate surface area is 134 Å². The van der Waals surface area contributed by atoms with Crippen LogP contribution < -0.4 is 10.6 Å². The Morgan fingerprint density at radius 2 is 1.95 bits per heavy atom. The fourth-order valence-electron chi connectivity index (χ4n) is 2.06. The minimum atomic E-state index is -1.03. The lowest BCUT2D eigenvalue weighted by molar-refractivity contribution is 0.687. The number of aliphatic imine (C=N–C) groups is 1. The maximum absolute atomic E-state index is 11.5. The molecule has 2 N–H and O–H groups in total. The van der Waals surface area contributed by atoms with Crippen LogP contribution in [-0.4, -0.2) is 23.5 Å². The van der Waals surface area contributed by atoms with E-state index in [1.54, 1.807) is 12.3 Å². The zero-order valence-corrected chi connectivity index (χ0v) is 13.9. The molecule has 0 aliphatic carbocycles. The molecule has 0 aliphatic heterocycles. The molecule has 1 atom stereocenters. The van der Waals surface area contributed by atoms with E-state index in [-0.39, 0.29) is 0 Å². The van der Waals surface area contributed by atoms with E-state index in [1.165, 1.54) is 5.56 Å². The van der Waals surface area contributed by atoms with Crippen molar-refractivity contribution < 1.29 is 4.21 Å². The predicted octanol–water partition coefficient (Wildman–Crippen LogP) is 3.07. The number of rotatable bonds is 4. The topological polar surface area (TPSA) is 58.7 Å². The largest absolute Gasteiger partial charge is 0.369 e. The normalized spacial score (nSPS) is 13.0. The molecule has 0 amide bonds. The molecule has 4 nitrogen and oxygen atoms in total. The van der Waals surface area contributed by atoms with Gasteiger partial charge in [0.2, 0.25) is 5.96 Å². The van der Waals surface area contributed by atoms with Crippen LogP contribution >= 0.6 is 0 Å². The van der Waals surface area contributed by atoms with Gasteiger partial charge < -0.3 is 10.6 Å². The standard InChI is InChI=1S/C17H21N3OS/c1-4-13-7-5-9-15(11-13)20(2)17(18)19-14-8-6-10-16(12-14)22(3)21/h5-12H,4H2,1-3H3,(H2,18,19). The number of guanidine groups is 1. The van der Waals surface area contributed by atoms with Gasteiger partial charge >= 0.3 is 0 Å². The molecule has 0 aromatic heterocycles. The lowest BCUT2D eigenvalue weighted by atomic mass is 10.1. The second-order valence-corrected chi connectivity index (χ2v) is 6.38. The third kappa shape index (κ3) is 3.95. The number of benzene rings is 2. The minimum Gasteiger partial charge on any atom is -0.369 e. The molecule has 2 rings (SSSR count). The summed E-state index contributed by atoms with van der Waals surface area (Å²) in [6.07, 6.45) is 2.62. The average Bonchev–Trinajstić information content (AvgIpc) is 2.54. The first-order valence-electron chi connectivity index (χ1n) is 7.11. The molecular formula is C17H21N3OS. The van der Waals surface area contributed by atoms with Gasteiger partial charge in [0.25, 0.3) is 0 Å². The van der Waals surface area contributed by atoms with Crippen molar-refractivity contribution in [1.29, 1.82) is 0 Å². The van der Waals surface area contributed by atoms with Gasteiger partial charge in [0.05, 0.1) is 5.69 Å². The van der Waals surface area contributed by atoms with Crippen molar-refractivity contribution in [3.63, 3.8) is 0 Å². The van der Waals surface area contributed by atoms with Crippen LogP contribution in [0.15, 0.2) is 58.4 Å². The predicted molar refractivity (Wildman–Crippen MR) is 94.3 cm³/mol. The van der Waals surface area contributed by atoms with Crippen molar-refractivity contribution in [3.05, 3.63) is 54.1 Å². The van der Waals surface area contributed by atoms with Crippen molar-refractivity contribution in [1.82, 2.24) is 0 Å². The van der Waals surface area contributed by atoms with Gasteiger partial charge in [0.1, 0.15) is 0 Å². The molecule has 0 spiro atoms. The van der Waals surface area contributed by atoms with Gasteiger partial charge in [-0.25, -0.2) is 4.99 Å². The van der Waals surface area contributed by atoms with Crippen molar-refractivity contribution in [2.24, 2.45) is 10.7 Å². The molecule has 22 heavy (non-hydrogen) atoms. The molecule has 0 heterocycles. The molecule has 0 radical (unpaired) electrons. The Bertz CT molecular complexity index is 713. The molecule has 0 saturated carbocycles. The molecule has 2 aromatic rings. The highest BCUT2D eigenvalue weighted by molar-refractivity contribution is 7.84.